The van der Waals surface area contributed by atoms with E-state index in [1.54, 1.807) is 55.6 Å². The van der Waals surface area contributed by atoms with Gasteiger partial charge in [-0.05, 0) is 37.6 Å². The number of carbonyl (C=O) groups is 1. The summed E-state index contributed by atoms with van der Waals surface area (Å²) < 4.78 is 13.6. The zero-order valence-electron chi connectivity index (χ0n) is 20.0. The molecule has 11 heteroatoms. The van der Waals surface area contributed by atoms with Crippen LogP contribution in [0.2, 0.25) is 0 Å². The third-order valence-corrected chi connectivity index (χ3v) is 5.52. The van der Waals surface area contributed by atoms with Crippen molar-refractivity contribution < 1.29 is 14.3 Å². The van der Waals surface area contributed by atoms with E-state index in [1.807, 2.05) is 26.2 Å². The summed E-state index contributed by atoms with van der Waals surface area (Å²) in [6, 6.07) is 4.48. The summed E-state index contributed by atoms with van der Waals surface area (Å²) in [5.74, 6) is 0.565. The highest BCUT2D eigenvalue weighted by Crippen LogP contribution is 2.22. The minimum atomic E-state index is -0.785. The highest BCUT2D eigenvalue weighted by Gasteiger charge is 2.18. The average Bonchev–Trinajstić information content (AvgIpc) is 3.29. The number of aromatic nitrogens is 5. The molecule has 2 N–H and O–H groups in total. The lowest BCUT2D eigenvalue weighted by Gasteiger charge is -2.17. The molecule has 0 saturated carbocycles. The van der Waals surface area contributed by atoms with Crippen LogP contribution in [0.3, 0.4) is 0 Å². The Labute approximate surface area is 201 Å². The molecule has 0 radical (unpaired) electrons. The van der Waals surface area contributed by atoms with E-state index < -0.39 is 11.9 Å². The number of nitrogens with one attached hydrogen (secondary N) is 2. The maximum absolute atomic E-state index is 13.1. The smallest absolute Gasteiger partial charge is 0.261 e. The number of pyridine rings is 3. The molecule has 182 valence electrons. The normalized spacial score (nSPS) is 11.9. The standard InChI is InChI=1S/C24H27N7O4/c1-15-9-17(18-12-27-30(3)14-18)11-26-22(15)28-29-23(32)16(2)31-6-5-21-20(24(31)33)10-19(13-25-21)35-8-7-34-4/h5-6,9-14,16H,7-8H2,1-4H3,(H,26,28)(H,29,32)/t16-/m1/s1. The molecule has 0 fully saturated rings. The van der Waals surface area contributed by atoms with Crippen molar-refractivity contribution in [1.29, 1.82) is 0 Å². The number of nitrogens with zero attached hydrogens (tertiary/aromatic N) is 5. The zero-order valence-corrected chi connectivity index (χ0v) is 20.0. The Morgan fingerprint density at radius 1 is 1.14 bits per heavy atom. The molecule has 0 aliphatic heterocycles. The molecule has 0 spiro atoms. The summed E-state index contributed by atoms with van der Waals surface area (Å²) in [6.07, 6.45) is 8.47. The SMILES string of the molecule is COCCOc1cnc2ccn([C@H](C)C(=O)NNc3ncc(-c4cnn(C)c4)cc3C)c(=O)c2c1. The van der Waals surface area contributed by atoms with E-state index in [-0.39, 0.29) is 5.56 Å². The largest absolute Gasteiger partial charge is 0.490 e. The molecule has 11 nitrogen and oxygen atoms in total. The van der Waals surface area contributed by atoms with Gasteiger partial charge in [0, 0.05) is 43.9 Å². The maximum Gasteiger partial charge on any atom is 0.261 e. The summed E-state index contributed by atoms with van der Waals surface area (Å²) in [4.78, 5) is 34.6. The van der Waals surface area contributed by atoms with Crippen LogP contribution in [0.1, 0.15) is 18.5 Å². The third kappa shape index (κ3) is 5.30. The molecular weight excluding hydrogens is 450 g/mol. The van der Waals surface area contributed by atoms with Crippen LogP contribution in [0.4, 0.5) is 5.82 Å². The Hall–Kier alpha value is -4.25. The second-order valence-corrected chi connectivity index (χ2v) is 8.06. The van der Waals surface area contributed by atoms with Crippen molar-refractivity contribution in [2.24, 2.45) is 7.05 Å². The van der Waals surface area contributed by atoms with Crippen LogP contribution in [-0.2, 0) is 16.6 Å². The van der Waals surface area contributed by atoms with Crippen molar-refractivity contribution in [2.75, 3.05) is 25.7 Å². The second-order valence-electron chi connectivity index (χ2n) is 8.06. The summed E-state index contributed by atoms with van der Waals surface area (Å²) in [5, 5.41) is 4.53. The fourth-order valence-electron chi connectivity index (χ4n) is 3.53. The first kappa shape index (κ1) is 23.9. The molecule has 0 saturated heterocycles. The lowest BCUT2D eigenvalue weighted by Crippen LogP contribution is -2.38. The minimum Gasteiger partial charge on any atom is -0.490 e. The zero-order chi connectivity index (χ0) is 24.9. The minimum absolute atomic E-state index is 0.339. The van der Waals surface area contributed by atoms with E-state index in [0.717, 1.165) is 16.7 Å². The number of hydrogen-bond acceptors (Lipinski definition) is 8. The van der Waals surface area contributed by atoms with Gasteiger partial charge in [-0.15, -0.1) is 0 Å². The van der Waals surface area contributed by atoms with Gasteiger partial charge in [-0.2, -0.15) is 5.10 Å². The van der Waals surface area contributed by atoms with E-state index in [9.17, 15) is 9.59 Å². The molecule has 1 atom stereocenters. The molecular formula is C24H27N7O4. The van der Waals surface area contributed by atoms with E-state index in [2.05, 4.69) is 25.9 Å². The predicted molar refractivity (Wildman–Crippen MR) is 131 cm³/mol. The summed E-state index contributed by atoms with van der Waals surface area (Å²) >= 11 is 0. The van der Waals surface area contributed by atoms with Crippen molar-refractivity contribution in [3.05, 3.63) is 65.1 Å². The molecule has 0 bridgehead atoms. The first-order valence-electron chi connectivity index (χ1n) is 11.0. The Kier molecular flexibility index (Phi) is 7.06. The van der Waals surface area contributed by atoms with Gasteiger partial charge in [0.25, 0.3) is 11.5 Å². The van der Waals surface area contributed by atoms with Gasteiger partial charge in [-0.25, -0.2) is 4.98 Å². The summed E-state index contributed by atoms with van der Waals surface area (Å²) in [5.41, 5.74) is 8.38. The van der Waals surface area contributed by atoms with Gasteiger partial charge < -0.3 is 14.0 Å². The van der Waals surface area contributed by atoms with Crippen molar-refractivity contribution in [1.82, 2.24) is 29.7 Å². The molecule has 0 unspecified atom stereocenters. The van der Waals surface area contributed by atoms with Crippen LogP contribution < -0.4 is 21.1 Å². The van der Waals surface area contributed by atoms with Crippen LogP contribution >= 0.6 is 0 Å². The third-order valence-electron chi connectivity index (χ3n) is 5.52. The molecule has 4 heterocycles. The van der Waals surface area contributed by atoms with Crippen LogP contribution in [0.5, 0.6) is 5.75 Å². The number of hydrazine groups is 1. The van der Waals surface area contributed by atoms with E-state index in [0.29, 0.717) is 35.7 Å². The first-order valence-corrected chi connectivity index (χ1v) is 11.0. The number of methoxy groups -OCH3 is 1. The number of anilines is 1. The first-order chi connectivity index (χ1) is 16.9. The fraction of sp³-hybridized carbons (Fsp3) is 0.292. The average molecular weight is 478 g/mol. The maximum atomic E-state index is 13.1. The van der Waals surface area contributed by atoms with E-state index >= 15 is 0 Å². The quantitative estimate of drug-likeness (QED) is 0.278. The van der Waals surface area contributed by atoms with Gasteiger partial charge in [0.15, 0.2) is 0 Å². The lowest BCUT2D eigenvalue weighted by atomic mass is 10.1. The van der Waals surface area contributed by atoms with E-state index in [1.165, 1.54) is 4.57 Å². The summed E-state index contributed by atoms with van der Waals surface area (Å²) in [7, 11) is 3.43. The molecule has 4 aromatic heterocycles. The number of fused-ring (bicyclic) bond motifs is 1. The van der Waals surface area contributed by atoms with Gasteiger partial charge in [0.05, 0.1) is 29.9 Å². The van der Waals surface area contributed by atoms with Crippen molar-refractivity contribution in [3.63, 3.8) is 0 Å². The molecule has 35 heavy (non-hydrogen) atoms. The molecule has 4 rings (SSSR count). The fourth-order valence-corrected chi connectivity index (χ4v) is 3.53. The number of carbonyl (C=O) groups excluding carboxylic acids is 1. The topological polar surface area (TPSA) is 125 Å². The van der Waals surface area contributed by atoms with Crippen LogP contribution in [0, 0.1) is 6.92 Å². The molecule has 1 amide bonds. The highest BCUT2D eigenvalue weighted by molar-refractivity contribution is 5.83. The second kappa shape index (κ2) is 10.3. The van der Waals surface area contributed by atoms with E-state index in [4.69, 9.17) is 9.47 Å². The molecule has 0 aliphatic carbocycles. The number of aryl methyl sites for hydroxylation is 2. The van der Waals surface area contributed by atoms with Gasteiger partial charge in [0.2, 0.25) is 0 Å². The summed E-state index contributed by atoms with van der Waals surface area (Å²) in [6.45, 7) is 4.29. The Morgan fingerprint density at radius 3 is 2.69 bits per heavy atom. The van der Waals surface area contributed by atoms with Gasteiger partial charge >= 0.3 is 0 Å². The number of rotatable bonds is 9. The number of ether oxygens (including phenoxy) is 2. The molecule has 0 aliphatic rings. The Morgan fingerprint density at radius 2 is 1.97 bits per heavy atom. The monoisotopic (exact) mass is 477 g/mol. The van der Waals surface area contributed by atoms with Crippen LogP contribution in [0.25, 0.3) is 22.0 Å². The number of amides is 1. The predicted octanol–water partition coefficient (Wildman–Crippen LogP) is 2.23. The highest BCUT2D eigenvalue weighted by atomic mass is 16.5. The van der Waals surface area contributed by atoms with Gasteiger partial charge in [-0.3, -0.25) is 30.1 Å². The van der Waals surface area contributed by atoms with Crippen LogP contribution in [0.15, 0.2) is 54.0 Å². The van der Waals surface area contributed by atoms with Crippen molar-refractivity contribution in [2.45, 2.75) is 19.9 Å². The molecule has 4 aromatic rings. The lowest BCUT2D eigenvalue weighted by molar-refractivity contribution is -0.123. The van der Waals surface area contributed by atoms with Crippen LogP contribution in [-0.4, -0.2) is 50.5 Å². The van der Waals surface area contributed by atoms with Crippen molar-refractivity contribution >= 4 is 22.6 Å². The van der Waals surface area contributed by atoms with Gasteiger partial charge in [-0.1, -0.05) is 0 Å². The Balaban J connectivity index is 1.46. The number of hydrogen-bond donors (Lipinski definition) is 2. The van der Waals surface area contributed by atoms with Gasteiger partial charge in [0.1, 0.15) is 24.2 Å². The molecule has 0 aromatic carbocycles. The van der Waals surface area contributed by atoms with Crippen molar-refractivity contribution in [3.8, 4) is 16.9 Å². The Bertz CT molecular complexity index is 1410.